The first-order chi connectivity index (χ1) is 17.6. The van der Waals surface area contributed by atoms with Crippen LogP contribution in [0.1, 0.15) is 5.56 Å². The van der Waals surface area contributed by atoms with E-state index in [4.69, 9.17) is 33.7 Å². The lowest BCUT2D eigenvalue weighted by atomic mass is 10.0. The predicted molar refractivity (Wildman–Crippen MR) is 136 cm³/mol. The van der Waals surface area contributed by atoms with Crippen LogP contribution in [-0.2, 0) is 10.0 Å². The number of halogens is 2. The van der Waals surface area contributed by atoms with Gasteiger partial charge in [-0.25, -0.2) is 23.1 Å². The molecule has 11 nitrogen and oxygen atoms in total. The van der Waals surface area contributed by atoms with Gasteiger partial charge < -0.3 is 15.0 Å². The third kappa shape index (κ3) is 5.44. The summed E-state index contributed by atoms with van der Waals surface area (Å²) in [4.78, 5) is 17.4. The van der Waals surface area contributed by atoms with Gasteiger partial charge in [0.25, 0.3) is 10.0 Å². The van der Waals surface area contributed by atoms with Gasteiger partial charge in [-0.05, 0) is 48.0 Å². The zero-order valence-electron chi connectivity index (χ0n) is 18.8. The number of nitrogens with one attached hydrogen (secondary N) is 1. The molecule has 4 rings (SSSR count). The Morgan fingerprint density at radius 1 is 1.19 bits per heavy atom. The average molecular weight is 559 g/mol. The van der Waals surface area contributed by atoms with Crippen molar-refractivity contribution in [2.45, 2.75) is 4.90 Å². The van der Waals surface area contributed by atoms with E-state index in [9.17, 15) is 18.5 Å². The van der Waals surface area contributed by atoms with Crippen molar-refractivity contribution in [1.29, 1.82) is 5.26 Å². The van der Waals surface area contributed by atoms with E-state index in [0.29, 0.717) is 21.7 Å². The minimum absolute atomic E-state index is 0.00419. The van der Waals surface area contributed by atoms with Crippen molar-refractivity contribution >= 4 is 56.6 Å². The fourth-order valence-electron chi connectivity index (χ4n) is 3.39. The fourth-order valence-corrected chi connectivity index (χ4v) is 4.83. The number of methoxy groups -OCH3 is 1. The maximum absolute atomic E-state index is 12.6. The quantitative estimate of drug-likeness (QED) is 0.321. The lowest BCUT2D eigenvalue weighted by Crippen LogP contribution is -2.32. The second-order valence-electron chi connectivity index (χ2n) is 7.36. The highest BCUT2D eigenvalue weighted by Crippen LogP contribution is 2.41. The summed E-state index contributed by atoms with van der Waals surface area (Å²) in [6, 6.07) is 12.7. The maximum Gasteiger partial charge on any atom is 0.325 e. The number of primary amides is 1. The van der Waals surface area contributed by atoms with Crippen LogP contribution in [0.4, 0.5) is 22.1 Å². The van der Waals surface area contributed by atoms with Crippen LogP contribution in [0.3, 0.4) is 0 Å². The number of anilines is 3. The van der Waals surface area contributed by atoms with Crippen LogP contribution >= 0.6 is 23.2 Å². The molecule has 0 aliphatic heterocycles. The first-order valence-corrected chi connectivity index (χ1v) is 12.4. The van der Waals surface area contributed by atoms with Crippen LogP contribution in [0.15, 0.2) is 70.4 Å². The maximum atomic E-state index is 12.6. The molecule has 0 saturated carbocycles. The van der Waals surface area contributed by atoms with Crippen LogP contribution in [0.5, 0.6) is 5.75 Å². The Hall–Kier alpha value is -4.31. The monoisotopic (exact) mass is 558 g/mol. The molecule has 0 unspecified atom stereocenters. The molecule has 0 atom stereocenters. The Bertz CT molecular complexity index is 1620. The van der Waals surface area contributed by atoms with Crippen molar-refractivity contribution < 1.29 is 22.5 Å². The summed E-state index contributed by atoms with van der Waals surface area (Å²) in [6.07, 6.45) is 2.26. The topological polar surface area (TPSA) is 164 Å². The van der Waals surface area contributed by atoms with Gasteiger partial charge in [-0.2, -0.15) is 5.26 Å². The Balaban J connectivity index is 1.74. The number of carbonyl (C=O) groups excluding carboxylic acids is 1. The molecular formula is C23H16Cl2N6O5S. The summed E-state index contributed by atoms with van der Waals surface area (Å²) in [6.45, 7) is 0. The van der Waals surface area contributed by atoms with Gasteiger partial charge in [0, 0.05) is 22.8 Å². The van der Waals surface area contributed by atoms with Gasteiger partial charge >= 0.3 is 6.03 Å². The SMILES string of the molecule is COc1cc(-c2cc(Cl)cc(C#N)c2)c(Cl)cc1N(C(N)=O)c1ccc(S(=O)(=O)Nc2ccon2)cn1. The van der Waals surface area contributed by atoms with Gasteiger partial charge in [0.2, 0.25) is 0 Å². The number of pyridine rings is 1. The number of amides is 2. The number of sulfonamides is 1. The lowest BCUT2D eigenvalue weighted by molar-refractivity contribution is 0.255. The second kappa shape index (κ2) is 10.4. The molecule has 2 aromatic carbocycles. The lowest BCUT2D eigenvalue weighted by Gasteiger charge is -2.23. The molecule has 2 aromatic heterocycles. The van der Waals surface area contributed by atoms with E-state index < -0.39 is 16.1 Å². The minimum atomic E-state index is -4.02. The van der Waals surface area contributed by atoms with Gasteiger partial charge in [-0.3, -0.25) is 4.72 Å². The molecule has 14 heteroatoms. The molecule has 0 spiro atoms. The first kappa shape index (κ1) is 25.8. The van der Waals surface area contributed by atoms with E-state index in [-0.39, 0.29) is 33.0 Å². The van der Waals surface area contributed by atoms with Crippen molar-refractivity contribution in [1.82, 2.24) is 10.1 Å². The Morgan fingerprint density at radius 2 is 1.97 bits per heavy atom. The number of nitrogens with zero attached hydrogens (tertiary/aromatic N) is 4. The molecule has 0 radical (unpaired) electrons. The first-order valence-electron chi connectivity index (χ1n) is 10.2. The van der Waals surface area contributed by atoms with Crippen molar-refractivity contribution in [2.75, 3.05) is 16.7 Å². The number of ether oxygens (including phenoxy) is 1. The summed E-state index contributed by atoms with van der Waals surface area (Å²) in [5.41, 5.74) is 7.16. The number of carbonyl (C=O) groups is 1. The summed E-state index contributed by atoms with van der Waals surface area (Å²) >= 11 is 12.7. The zero-order chi connectivity index (χ0) is 26.7. The molecule has 0 aliphatic rings. The van der Waals surface area contributed by atoms with Gasteiger partial charge in [0.05, 0.1) is 29.5 Å². The van der Waals surface area contributed by atoms with Crippen LogP contribution in [0.25, 0.3) is 11.1 Å². The highest BCUT2D eigenvalue weighted by atomic mass is 35.5. The molecule has 0 fully saturated rings. The van der Waals surface area contributed by atoms with E-state index in [0.717, 1.165) is 11.1 Å². The molecular weight excluding hydrogens is 543 g/mol. The molecule has 2 amide bonds. The molecule has 37 heavy (non-hydrogen) atoms. The molecule has 4 aromatic rings. The van der Waals surface area contributed by atoms with Gasteiger partial charge in [0.1, 0.15) is 22.7 Å². The van der Waals surface area contributed by atoms with E-state index in [2.05, 4.69) is 19.4 Å². The molecule has 3 N–H and O–H groups in total. The number of benzene rings is 2. The molecule has 0 saturated heterocycles. The standard InChI is InChI=1S/C23H16Cl2N6O5S/c1-35-20-9-17(14-6-13(11-26)7-15(24)8-14)18(25)10-19(20)31(23(27)32)22-3-2-16(12-28-22)37(33,34)30-21-4-5-36-29-21/h2-10,12H,1H3,(H2,27,32)(H,29,30). The third-order valence-electron chi connectivity index (χ3n) is 5.00. The number of aromatic nitrogens is 2. The second-order valence-corrected chi connectivity index (χ2v) is 9.89. The molecule has 188 valence electrons. The van der Waals surface area contributed by atoms with Crippen LogP contribution in [0, 0.1) is 11.3 Å². The number of hydrogen-bond donors (Lipinski definition) is 2. The predicted octanol–water partition coefficient (Wildman–Crippen LogP) is 4.94. The highest BCUT2D eigenvalue weighted by molar-refractivity contribution is 7.92. The fraction of sp³-hybridized carbons (Fsp3) is 0.0435. The number of rotatable bonds is 7. The molecule has 0 bridgehead atoms. The number of urea groups is 1. The van der Waals surface area contributed by atoms with E-state index in [1.807, 2.05) is 6.07 Å². The van der Waals surface area contributed by atoms with E-state index >= 15 is 0 Å². The Morgan fingerprint density at radius 3 is 2.57 bits per heavy atom. The smallest absolute Gasteiger partial charge is 0.325 e. The number of nitriles is 1. The van der Waals surface area contributed by atoms with Gasteiger partial charge in [0.15, 0.2) is 5.82 Å². The van der Waals surface area contributed by atoms with Crippen molar-refractivity contribution in [3.05, 3.63) is 76.6 Å². The Labute approximate surface area is 221 Å². The normalized spacial score (nSPS) is 11.0. The summed E-state index contributed by atoms with van der Waals surface area (Å²) in [5, 5.41) is 13.3. The Kier molecular flexibility index (Phi) is 7.21. The largest absolute Gasteiger partial charge is 0.495 e. The summed E-state index contributed by atoms with van der Waals surface area (Å²) in [7, 11) is -2.64. The van der Waals surface area contributed by atoms with Crippen molar-refractivity contribution in [3.63, 3.8) is 0 Å². The van der Waals surface area contributed by atoms with Crippen LogP contribution in [0.2, 0.25) is 10.0 Å². The van der Waals surface area contributed by atoms with E-state index in [1.165, 1.54) is 43.7 Å². The van der Waals surface area contributed by atoms with Gasteiger partial charge in [-0.15, -0.1) is 0 Å². The third-order valence-corrected chi connectivity index (χ3v) is 6.88. The van der Waals surface area contributed by atoms with Crippen LogP contribution in [-0.4, -0.2) is 31.7 Å². The van der Waals surface area contributed by atoms with Crippen molar-refractivity contribution in [3.8, 4) is 22.9 Å². The van der Waals surface area contributed by atoms with Crippen LogP contribution < -0.4 is 20.1 Å². The van der Waals surface area contributed by atoms with Gasteiger partial charge in [-0.1, -0.05) is 28.4 Å². The molecule has 2 heterocycles. The number of nitrogens with two attached hydrogens (primary N) is 1. The summed E-state index contributed by atoms with van der Waals surface area (Å²) in [5.74, 6) is 0.191. The average Bonchev–Trinajstić information content (AvgIpc) is 3.36. The molecule has 0 aliphatic carbocycles. The van der Waals surface area contributed by atoms with E-state index in [1.54, 1.807) is 18.2 Å². The van der Waals surface area contributed by atoms with Crippen molar-refractivity contribution in [2.24, 2.45) is 5.73 Å². The zero-order valence-corrected chi connectivity index (χ0v) is 21.2. The highest BCUT2D eigenvalue weighted by Gasteiger charge is 2.24. The minimum Gasteiger partial charge on any atom is -0.495 e. The number of hydrogen-bond acceptors (Lipinski definition) is 8. The summed E-state index contributed by atoms with van der Waals surface area (Å²) < 4.78 is 37.5.